The standard InChI is InChI=1S/C18H30N2.C2H6/c1-7-17(5)10-11-18(6,16(2,3)4)13-20-15-14(17)9-8-12-19-15;1-2/h10-11,13,19H,7-9,12H2,1-6H3;1-2H3/b11-10-,20-13-;. The Hall–Kier alpha value is -1.05. The number of aliphatic imine (C=N–C) groups is 1. The van der Waals surface area contributed by atoms with Gasteiger partial charge in [-0.3, -0.25) is 0 Å². The normalized spacial score (nSPS) is 34.4. The van der Waals surface area contributed by atoms with E-state index in [1.165, 1.54) is 18.4 Å². The zero-order valence-corrected chi connectivity index (χ0v) is 16.0. The highest BCUT2D eigenvalue weighted by molar-refractivity contribution is 5.71. The summed E-state index contributed by atoms with van der Waals surface area (Å²) in [4.78, 5) is 4.86. The van der Waals surface area contributed by atoms with Crippen LogP contribution in [-0.2, 0) is 0 Å². The van der Waals surface area contributed by atoms with E-state index >= 15 is 0 Å². The van der Waals surface area contributed by atoms with Crippen LogP contribution in [0.2, 0.25) is 0 Å². The number of hydrogen-bond acceptors (Lipinski definition) is 2. The fraction of sp³-hybridized carbons (Fsp3) is 0.750. The van der Waals surface area contributed by atoms with E-state index < -0.39 is 0 Å². The molecule has 0 amide bonds. The van der Waals surface area contributed by atoms with Crippen LogP contribution in [0.15, 0.2) is 28.5 Å². The van der Waals surface area contributed by atoms with Crippen LogP contribution >= 0.6 is 0 Å². The first kappa shape index (κ1) is 19.0. The van der Waals surface area contributed by atoms with Crippen molar-refractivity contribution in [2.24, 2.45) is 21.2 Å². The molecule has 0 saturated heterocycles. The Kier molecular flexibility index (Phi) is 6.06. The fourth-order valence-electron chi connectivity index (χ4n) is 2.85. The lowest BCUT2D eigenvalue weighted by Gasteiger charge is -2.40. The lowest BCUT2D eigenvalue weighted by atomic mass is 9.66. The predicted molar refractivity (Wildman–Crippen MR) is 99.2 cm³/mol. The predicted octanol–water partition coefficient (Wildman–Crippen LogP) is 5.72. The van der Waals surface area contributed by atoms with Crippen molar-refractivity contribution in [1.82, 2.24) is 5.32 Å². The van der Waals surface area contributed by atoms with Gasteiger partial charge in [0.25, 0.3) is 0 Å². The maximum atomic E-state index is 4.86. The third kappa shape index (κ3) is 3.64. The van der Waals surface area contributed by atoms with Gasteiger partial charge >= 0.3 is 0 Å². The quantitative estimate of drug-likeness (QED) is 0.616. The fourth-order valence-corrected chi connectivity index (χ4v) is 2.85. The molecule has 0 aromatic carbocycles. The van der Waals surface area contributed by atoms with Gasteiger partial charge in [0.15, 0.2) is 0 Å². The summed E-state index contributed by atoms with van der Waals surface area (Å²) in [6, 6.07) is 0. The molecule has 0 aromatic heterocycles. The topological polar surface area (TPSA) is 24.4 Å². The number of allylic oxidation sites excluding steroid dienone is 3. The van der Waals surface area contributed by atoms with E-state index in [0.717, 1.165) is 18.8 Å². The van der Waals surface area contributed by atoms with E-state index in [2.05, 4.69) is 65.2 Å². The summed E-state index contributed by atoms with van der Waals surface area (Å²) in [5.74, 6) is 1.13. The summed E-state index contributed by atoms with van der Waals surface area (Å²) in [5, 5.41) is 3.52. The second kappa shape index (κ2) is 7.02. The van der Waals surface area contributed by atoms with E-state index in [9.17, 15) is 0 Å². The van der Waals surface area contributed by atoms with E-state index in [0.29, 0.717) is 0 Å². The molecule has 0 spiro atoms. The Morgan fingerprint density at radius 2 is 1.82 bits per heavy atom. The number of nitrogens with zero attached hydrogens (tertiary/aromatic N) is 1. The van der Waals surface area contributed by atoms with Crippen LogP contribution in [-0.4, -0.2) is 12.8 Å². The van der Waals surface area contributed by atoms with Crippen molar-refractivity contribution in [2.45, 2.75) is 74.7 Å². The molecule has 2 heteroatoms. The SMILES string of the molecule is CC.CCC1(C)/C=C\C(C)(C(C)(C)C)/C=N\C2=C1CCCN2. The molecule has 2 atom stereocenters. The third-order valence-corrected chi connectivity index (χ3v) is 5.48. The average molecular weight is 305 g/mol. The zero-order valence-electron chi connectivity index (χ0n) is 16.0. The monoisotopic (exact) mass is 304 g/mol. The van der Waals surface area contributed by atoms with E-state index in [-0.39, 0.29) is 16.2 Å². The lowest BCUT2D eigenvalue weighted by Crippen LogP contribution is -2.36. The summed E-state index contributed by atoms with van der Waals surface area (Å²) < 4.78 is 0. The second-order valence-corrected chi connectivity index (χ2v) is 7.75. The van der Waals surface area contributed by atoms with Crippen LogP contribution in [0, 0.1) is 16.2 Å². The minimum absolute atomic E-state index is 0.0128. The molecule has 0 aliphatic carbocycles. The molecule has 2 aliphatic rings. The van der Waals surface area contributed by atoms with Crippen molar-refractivity contribution < 1.29 is 0 Å². The first-order chi connectivity index (χ1) is 10.2. The number of rotatable bonds is 1. The molecule has 0 fully saturated rings. The van der Waals surface area contributed by atoms with E-state index in [1.807, 2.05) is 13.8 Å². The van der Waals surface area contributed by atoms with Crippen molar-refractivity contribution in [3.63, 3.8) is 0 Å². The van der Waals surface area contributed by atoms with Gasteiger partial charge in [-0.25, -0.2) is 4.99 Å². The van der Waals surface area contributed by atoms with Crippen molar-refractivity contribution >= 4 is 6.21 Å². The largest absolute Gasteiger partial charge is 0.370 e. The van der Waals surface area contributed by atoms with Gasteiger partial charge in [-0.1, -0.05) is 67.5 Å². The molecule has 2 nitrogen and oxygen atoms in total. The van der Waals surface area contributed by atoms with Gasteiger partial charge in [-0.2, -0.15) is 0 Å². The molecule has 0 radical (unpaired) electrons. The molecule has 0 bridgehead atoms. The molecule has 2 rings (SSSR count). The Labute approximate surface area is 138 Å². The van der Waals surface area contributed by atoms with Gasteiger partial charge in [-0.15, -0.1) is 0 Å². The lowest BCUT2D eigenvalue weighted by molar-refractivity contribution is 0.253. The smallest absolute Gasteiger partial charge is 0.125 e. The van der Waals surface area contributed by atoms with Crippen LogP contribution in [0.5, 0.6) is 0 Å². The van der Waals surface area contributed by atoms with Gasteiger partial charge in [0, 0.05) is 23.6 Å². The van der Waals surface area contributed by atoms with Gasteiger partial charge in [-0.05, 0) is 30.3 Å². The van der Waals surface area contributed by atoms with Gasteiger partial charge in [0.1, 0.15) is 5.82 Å². The molecule has 126 valence electrons. The van der Waals surface area contributed by atoms with Crippen molar-refractivity contribution in [3.8, 4) is 0 Å². The Morgan fingerprint density at radius 3 is 2.36 bits per heavy atom. The van der Waals surface area contributed by atoms with E-state index in [4.69, 9.17) is 4.99 Å². The van der Waals surface area contributed by atoms with Crippen LogP contribution in [0.25, 0.3) is 0 Å². The maximum Gasteiger partial charge on any atom is 0.125 e. The van der Waals surface area contributed by atoms with Gasteiger partial charge in [0.05, 0.1) is 0 Å². The summed E-state index contributed by atoms with van der Waals surface area (Å²) in [7, 11) is 0. The van der Waals surface area contributed by atoms with Crippen molar-refractivity contribution in [3.05, 3.63) is 23.5 Å². The highest BCUT2D eigenvalue weighted by Crippen LogP contribution is 2.45. The van der Waals surface area contributed by atoms with Gasteiger partial charge in [0.2, 0.25) is 0 Å². The summed E-state index contributed by atoms with van der Waals surface area (Å²) in [6.45, 7) is 18.8. The minimum atomic E-state index is -0.0128. The second-order valence-electron chi connectivity index (χ2n) is 7.75. The molecule has 0 aromatic rings. The van der Waals surface area contributed by atoms with Crippen LogP contribution in [0.3, 0.4) is 0 Å². The average Bonchev–Trinajstić information content (AvgIpc) is 2.50. The molecule has 1 N–H and O–H groups in total. The number of hydrogen-bond donors (Lipinski definition) is 1. The van der Waals surface area contributed by atoms with Crippen molar-refractivity contribution in [1.29, 1.82) is 0 Å². The highest BCUT2D eigenvalue weighted by Gasteiger charge is 2.37. The number of nitrogens with one attached hydrogen (secondary N) is 1. The summed E-state index contributed by atoms with van der Waals surface area (Å²) in [6.07, 6.45) is 10.5. The van der Waals surface area contributed by atoms with Crippen LogP contribution in [0.1, 0.15) is 74.7 Å². The molecule has 0 saturated carbocycles. The minimum Gasteiger partial charge on any atom is -0.370 e. The third-order valence-electron chi connectivity index (χ3n) is 5.48. The molecule has 22 heavy (non-hydrogen) atoms. The van der Waals surface area contributed by atoms with Crippen LogP contribution < -0.4 is 5.32 Å². The molecule has 2 heterocycles. The summed E-state index contributed by atoms with van der Waals surface area (Å²) >= 11 is 0. The summed E-state index contributed by atoms with van der Waals surface area (Å²) in [5.41, 5.74) is 1.76. The molecular weight excluding hydrogens is 268 g/mol. The van der Waals surface area contributed by atoms with Crippen molar-refractivity contribution in [2.75, 3.05) is 6.54 Å². The Bertz CT molecular complexity index is 465. The van der Waals surface area contributed by atoms with Crippen LogP contribution in [0.4, 0.5) is 0 Å². The highest BCUT2D eigenvalue weighted by atomic mass is 15.0. The Morgan fingerprint density at radius 1 is 1.18 bits per heavy atom. The molecular formula is C20H36N2. The molecule has 2 unspecified atom stereocenters. The first-order valence-electron chi connectivity index (χ1n) is 8.95. The molecule has 2 aliphatic heterocycles. The zero-order chi connectivity index (χ0) is 17.0. The Balaban J connectivity index is 0.00000116. The van der Waals surface area contributed by atoms with E-state index in [1.54, 1.807) is 0 Å². The maximum absolute atomic E-state index is 4.86. The van der Waals surface area contributed by atoms with Gasteiger partial charge < -0.3 is 5.32 Å². The first-order valence-corrected chi connectivity index (χ1v) is 8.95.